The Kier molecular flexibility index (Phi) is 4.63. The minimum absolute atomic E-state index is 0.149. The Morgan fingerprint density at radius 3 is 2.81 bits per heavy atom. The largest absolute Gasteiger partial charge is 0.411 e. The Bertz CT molecular complexity index is 1070. The maximum Gasteiger partial charge on any atom is 0.277 e. The summed E-state index contributed by atoms with van der Waals surface area (Å²) in [6.45, 7) is 1.83. The summed E-state index contributed by atoms with van der Waals surface area (Å²) in [6.07, 6.45) is 0. The third-order valence-corrected chi connectivity index (χ3v) is 5.10. The highest BCUT2D eigenvalue weighted by molar-refractivity contribution is 7.99. The van der Waals surface area contributed by atoms with E-state index in [9.17, 15) is 4.79 Å². The number of hydrogen-bond donors (Lipinski definition) is 1. The van der Waals surface area contributed by atoms with Crippen LogP contribution in [0.3, 0.4) is 0 Å². The zero-order valence-electron chi connectivity index (χ0n) is 13.7. The van der Waals surface area contributed by atoms with Crippen molar-refractivity contribution >= 4 is 44.9 Å². The van der Waals surface area contributed by atoms with Crippen LogP contribution in [0.1, 0.15) is 5.01 Å². The molecule has 1 amide bonds. The van der Waals surface area contributed by atoms with Crippen LogP contribution < -0.4 is 5.32 Å². The molecule has 0 fully saturated rings. The first-order valence-corrected chi connectivity index (χ1v) is 9.53. The Balaban J connectivity index is 1.45. The fraction of sp³-hybridized carbons (Fsp3) is 0.118. The third kappa shape index (κ3) is 3.58. The number of amides is 1. The van der Waals surface area contributed by atoms with Crippen LogP contribution >= 0.6 is 23.1 Å². The van der Waals surface area contributed by atoms with E-state index in [-0.39, 0.29) is 11.7 Å². The van der Waals surface area contributed by atoms with Gasteiger partial charge in [0.15, 0.2) is 0 Å². The number of fused-ring (bicyclic) bond motifs is 1. The molecule has 26 heavy (non-hydrogen) atoms. The van der Waals surface area contributed by atoms with Crippen LogP contribution in [-0.4, -0.2) is 32.1 Å². The van der Waals surface area contributed by atoms with E-state index in [1.165, 1.54) is 23.1 Å². The molecule has 0 radical (unpaired) electrons. The molecule has 7 nitrogen and oxygen atoms in total. The van der Waals surface area contributed by atoms with Gasteiger partial charge in [-0.2, -0.15) is 0 Å². The predicted molar refractivity (Wildman–Crippen MR) is 101 cm³/mol. The fourth-order valence-electron chi connectivity index (χ4n) is 2.42. The molecule has 0 bridgehead atoms. The van der Waals surface area contributed by atoms with Crippen molar-refractivity contribution < 1.29 is 9.21 Å². The molecule has 0 saturated carbocycles. The molecule has 0 saturated heterocycles. The Morgan fingerprint density at radius 1 is 1.12 bits per heavy atom. The lowest BCUT2D eigenvalue weighted by molar-refractivity contribution is -0.113. The second-order valence-corrected chi connectivity index (χ2v) is 7.47. The molecule has 2 aromatic heterocycles. The fourth-order valence-corrected chi connectivity index (χ4v) is 3.59. The predicted octanol–water partition coefficient (Wildman–Crippen LogP) is 3.78. The van der Waals surface area contributed by atoms with Crippen molar-refractivity contribution in [2.45, 2.75) is 12.1 Å². The van der Waals surface area contributed by atoms with Gasteiger partial charge in [-0.15, -0.1) is 20.4 Å². The Morgan fingerprint density at radius 2 is 1.96 bits per heavy atom. The van der Waals surface area contributed by atoms with Crippen molar-refractivity contribution in [2.75, 3.05) is 11.1 Å². The summed E-state index contributed by atoms with van der Waals surface area (Å²) >= 11 is 2.50. The van der Waals surface area contributed by atoms with Gasteiger partial charge in [0.2, 0.25) is 16.9 Å². The maximum absolute atomic E-state index is 12.0. The molecule has 2 heterocycles. The van der Waals surface area contributed by atoms with E-state index < -0.39 is 0 Å². The molecule has 0 spiro atoms. The number of carbonyl (C=O) groups excluding carboxylic acids is 1. The van der Waals surface area contributed by atoms with E-state index in [4.69, 9.17) is 4.42 Å². The van der Waals surface area contributed by atoms with Crippen LogP contribution in [0.15, 0.2) is 52.1 Å². The highest BCUT2D eigenvalue weighted by Crippen LogP contribution is 2.29. The van der Waals surface area contributed by atoms with Crippen molar-refractivity contribution in [1.29, 1.82) is 0 Å². The van der Waals surface area contributed by atoms with Crippen LogP contribution in [0.25, 0.3) is 22.2 Å². The average molecular weight is 383 g/mol. The first kappa shape index (κ1) is 16.7. The van der Waals surface area contributed by atoms with Crippen molar-refractivity contribution in [3.63, 3.8) is 0 Å². The summed E-state index contributed by atoms with van der Waals surface area (Å²) in [5, 5.41) is 22.3. The van der Waals surface area contributed by atoms with Gasteiger partial charge in [-0.25, -0.2) is 0 Å². The number of thioether (sulfide) groups is 1. The van der Waals surface area contributed by atoms with Gasteiger partial charge in [-0.3, -0.25) is 10.1 Å². The molecule has 130 valence electrons. The highest BCUT2D eigenvalue weighted by Gasteiger charge is 2.14. The van der Waals surface area contributed by atoms with Crippen LogP contribution in [0, 0.1) is 6.92 Å². The zero-order valence-corrected chi connectivity index (χ0v) is 15.3. The van der Waals surface area contributed by atoms with Crippen molar-refractivity contribution in [1.82, 2.24) is 20.4 Å². The molecule has 9 heteroatoms. The number of hydrogen-bond acceptors (Lipinski definition) is 8. The smallest absolute Gasteiger partial charge is 0.277 e. The quantitative estimate of drug-likeness (QED) is 0.524. The molecular weight excluding hydrogens is 370 g/mol. The van der Waals surface area contributed by atoms with Gasteiger partial charge in [-0.05, 0) is 23.8 Å². The molecular formula is C17H13N5O2S2. The summed E-state index contributed by atoms with van der Waals surface area (Å²) in [6, 6.07) is 13.9. The maximum atomic E-state index is 12.0. The molecule has 0 unspecified atom stereocenters. The molecule has 0 aliphatic rings. The third-order valence-electron chi connectivity index (χ3n) is 3.53. The van der Waals surface area contributed by atoms with Crippen molar-refractivity contribution in [3.8, 4) is 11.5 Å². The molecule has 4 rings (SSSR count). The van der Waals surface area contributed by atoms with Crippen molar-refractivity contribution in [2.24, 2.45) is 0 Å². The van der Waals surface area contributed by atoms with Crippen LogP contribution in [0.5, 0.6) is 0 Å². The van der Waals surface area contributed by atoms with Crippen LogP contribution in [0.4, 0.5) is 5.13 Å². The summed E-state index contributed by atoms with van der Waals surface area (Å²) in [4.78, 5) is 12.0. The minimum atomic E-state index is -0.198. The van der Waals surface area contributed by atoms with E-state index in [0.29, 0.717) is 16.2 Å². The van der Waals surface area contributed by atoms with Gasteiger partial charge in [0.05, 0.1) is 5.75 Å². The standard InChI is InChI=1S/C17H13N5O2S2/c1-10-19-21-16(26-10)18-14(23)9-25-17-22-20-15(24-17)13-8-4-6-11-5-2-3-7-12(11)13/h2-8H,9H2,1H3,(H,18,21,23). The summed E-state index contributed by atoms with van der Waals surface area (Å²) in [5.74, 6) is 0.385. The number of anilines is 1. The summed E-state index contributed by atoms with van der Waals surface area (Å²) in [5.41, 5.74) is 0.872. The van der Waals surface area contributed by atoms with E-state index >= 15 is 0 Å². The zero-order chi connectivity index (χ0) is 17.9. The molecule has 4 aromatic rings. The second kappa shape index (κ2) is 7.22. The molecule has 0 aliphatic heterocycles. The summed E-state index contributed by atoms with van der Waals surface area (Å²) in [7, 11) is 0. The van der Waals surface area contributed by atoms with E-state index in [2.05, 4.69) is 25.7 Å². The number of benzene rings is 2. The van der Waals surface area contributed by atoms with Crippen LogP contribution in [-0.2, 0) is 4.79 Å². The molecule has 1 N–H and O–H groups in total. The monoisotopic (exact) mass is 383 g/mol. The number of aryl methyl sites for hydroxylation is 1. The SMILES string of the molecule is Cc1nnc(NC(=O)CSc2nnc(-c3cccc4ccccc34)o2)s1. The van der Waals surface area contributed by atoms with E-state index in [0.717, 1.165) is 21.3 Å². The van der Waals surface area contributed by atoms with Gasteiger partial charge >= 0.3 is 0 Å². The summed E-state index contributed by atoms with van der Waals surface area (Å²) < 4.78 is 5.72. The Hall–Kier alpha value is -2.78. The number of rotatable bonds is 5. The van der Waals surface area contributed by atoms with Crippen LogP contribution in [0.2, 0.25) is 0 Å². The normalized spacial score (nSPS) is 11.0. The van der Waals surface area contributed by atoms with E-state index in [1.807, 2.05) is 49.4 Å². The van der Waals surface area contributed by atoms with Gasteiger partial charge in [0.25, 0.3) is 5.22 Å². The Labute approximate surface area is 156 Å². The van der Waals surface area contributed by atoms with Gasteiger partial charge in [0.1, 0.15) is 5.01 Å². The van der Waals surface area contributed by atoms with Gasteiger partial charge in [-0.1, -0.05) is 59.5 Å². The van der Waals surface area contributed by atoms with Gasteiger partial charge in [0, 0.05) is 5.56 Å². The number of aromatic nitrogens is 4. The molecule has 0 aliphatic carbocycles. The molecule has 2 aromatic carbocycles. The second-order valence-electron chi connectivity index (χ2n) is 5.36. The number of nitrogens with one attached hydrogen (secondary N) is 1. The van der Waals surface area contributed by atoms with Gasteiger partial charge < -0.3 is 4.42 Å². The number of nitrogens with zero attached hydrogens (tertiary/aromatic N) is 4. The lowest BCUT2D eigenvalue weighted by atomic mass is 10.0. The lowest BCUT2D eigenvalue weighted by Gasteiger charge is -2.01. The first-order chi connectivity index (χ1) is 12.7. The van der Waals surface area contributed by atoms with Crippen molar-refractivity contribution in [3.05, 3.63) is 47.5 Å². The lowest BCUT2D eigenvalue weighted by Crippen LogP contribution is -2.13. The average Bonchev–Trinajstić information content (AvgIpc) is 3.28. The first-order valence-electron chi connectivity index (χ1n) is 7.73. The highest BCUT2D eigenvalue weighted by atomic mass is 32.2. The topological polar surface area (TPSA) is 93.8 Å². The van der Waals surface area contributed by atoms with E-state index in [1.54, 1.807) is 0 Å². The molecule has 0 atom stereocenters. The minimum Gasteiger partial charge on any atom is -0.411 e. The number of carbonyl (C=O) groups is 1.